The number of benzene rings is 2. The maximum atomic E-state index is 14.6. The van der Waals surface area contributed by atoms with E-state index in [2.05, 4.69) is 74.7 Å². The Hall–Kier alpha value is -2.35. The van der Waals surface area contributed by atoms with Gasteiger partial charge in [-0.25, -0.2) is 0 Å². The van der Waals surface area contributed by atoms with Crippen molar-refractivity contribution in [3.05, 3.63) is 59.7 Å². The van der Waals surface area contributed by atoms with E-state index in [9.17, 15) is 9.59 Å². The molecule has 0 saturated heterocycles. The fourth-order valence-corrected chi connectivity index (χ4v) is 7.44. The van der Waals surface area contributed by atoms with Crippen molar-refractivity contribution in [2.24, 2.45) is 5.92 Å². The zero-order valence-corrected chi connectivity index (χ0v) is 35.2. The highest BCUT2D eigenvalue weighted by molar-refractivity contribution is 6.74. The largest absolute Gasteiger partial charge is 0.497 e. The number of methoxy groups -OCH3 is 2. The SMILES string of the molecule is COc1ccc(CO[C@@H](CCO[Si](C)(C)C(C)(C)C)[C@@H](OCc2ccc(OC)cc2)C(=O)C[C@@H](O[Si](C)(C)C(C)(C)C)[C@H](C)CCC=O)cc1. The zero-order chi connectivity index (χ0) is 37.8. The molecule has 4 atom stereocenters. The van der Waals surface area contributed by atoms with Gasteiger partial charge in [0.05, 0.1) is 39.6 Å². The van der Waals surface area contributed by atoms with E-state index in [1.54, 1.807) is 14.2 Å². The highest BCUT2D eigenvalue weighted by Gasteiger charge is 2.42. The summed E-state index contributed by atoms with van der Waals surface area (Å²) in [5.74, 6) is 1.44. The third-order valence-corrected chi connectivity index (χ3v) is 19.6. The van der Waals surface area contributed by atoms with E-state index in [0.717, 1.165) is 28.9 Å². The molecule has 0 fully saturated rings. The van der Waals surface area contributed by atoms with E-state index < -0.39 is 28.8 Å². The Morgan fingerprint density at radius 2 is 1.20 bits per heavy atom. The standard InChI is InChI=1S/C40H66O8Si2/c1-30(15-14-25-41)37(48-50(12,13)40(5,6)7)27-35(42)38(46-29-32-18-22-34(44-9)23-19-32)36(24-26-47-49(10,11)39(2,3)4)45-28-31-16-20-33(43-8)21-17-31/h16-23,25,30,36-38H,14-15,24,26-29H2,1-13H3/t30-,36+,37-,38+/m1/s1. The Balaban J connectivity index is 2.50. The number of hydrogen-bond donors (Lipinski definition) is 0. The first-order valence-electron chi connectivity index (χ1n) is 18.0. The molecule has 2 aromatic carbocycles. The molecular weight excluding hydrogens is 665 g/mol. The summed E-state index contributed by atoms with van der Waals surface area (Å²) in [7, 11) is -1.04. The van der Waals surface area contributed by atoms with Crippen LogP contribution < -0.4 is 9.47 Å². The maximum absolute atomic E-state index is 14.6. The highest BCUT2D eigenvalue weighted by Crippen LogP contribution is 2.39. The summed E-state index contributed by atoms with van der Waals surface area (Å²) in [6, 6.07) is 15.4. The van der Waals surface area contributed by atoms with Crippen molar-refractivity contribution in [1.29, 1.82) is 0 Å². The van der Waals surface area contributed by atoms with Crippen molar-refractivity contribution in [3.63, 3.8) is 0 Å². The first-order valence-corrected chi connectivity index (χ1v) is 23.8. The molecule has 0 bridgehead atoms. The van der Waals surface area contributed by atoms with Crippen molar-refractivity contribution >= 4 is 28.7 Å². The second-order valence-electron chi connectivity index (χ2n) is 16.5. The van der Waals surface area contributed by atoms with Crippen LogP contribution in [0.2, 0.25) is 36.3 Å². The maximum Gasteiger partial charge on any atom is 0.192 e. The fraction of sp³-hybridized carbons (Fsp3) is 0.650. The minimum absolute atomic E-state index is 0.00102. The van der Waals surface area contributed by atoms with Gasteiger partial charge in [0.25, 0.3) is 0 Å². The van der Waals surface area contributed by atoms with E-state index in [1.807, 2.05) is 48.5 Å². The molecule has 0 aliphatic rings. The van der Waals surface area contributed by atoms with Crippen molar-refractivity contribution in [2.75, 3.05) is 20.8 Å². The second-order valence-corrected chi connectivity index (χ2v) is 26.0. The molecule has 0 spiro atoms. The minimum Gasteiger partial charge on any atom is -0.497 e. The molecule has 0 aliphatic carbocycles. The summed E-state index contributed by atoms with van der Waals surface area (Å²) < 4.78 is 37.4. The molecule has 10 heteroatoms. The summed E-state index contributed by atoms with van der Waals surface area (Å²) >= 11 is 0. The van der Waals surface area contributed by atoms with Gasteiger partial charge in [0.15, 0.2) is 22.4 Å². The zero-order valence-electron chi connectivity index (χ0n) is 33.2. The Bertz CT molecular complexity index is 1300. The molecule has 0 amide bonds. The molecule has 282 valence electrons. The number of ether oxygens (including phenoxy) is 4. The van der Waals surface area contributed by atoms with Gasteiger partial charge in [0.1, 0.15) is 23.9 Å². The Morgan fingerprint density at radius 3 is 1.64 bits per heavy atom. The van der Waals surface area contributed by atoms with Crippen molar-refractivity contribution < 1.29 is 37.4 Å². The minimum atomic E-state index is -2.26. The summed E-state index contributed by atoms with van der Waals surface area (Å²) in [5.41, 5.74) is 1.88. The molecule has 0 aliphatic heterocycles. The molecule has 0 heterocycles. The van der Waals surface area contributed by atoms with E-state index in [1.165, 1.54) is 0 Å². The van der Waals surface area contributed by atoms with E-state index in [4.69, 9.17) is 27.8 Å². The number of carbonyl (C=O) groups is 2. The average molecular weight is 731 g/mol. The van der Waals surface area contributed by atoms with Crippen LogP contribution in [0.15, 0.2) is 48.5 Å². The summed E-state index contributed by atoms with van der Waals surface area (Å²) in [4.78, 5) is 26.0. The lowest BCUT2D eigenvalue weighted by atomic mass is 9.92. The fourth-order valence-electron chi connectivity index (χ4n) is 4.95. The van der Waals surface area contributed by atoms with Gasteiger partial charge in [-0.3, -0.25) is 4.79 Å². The first-order chi connectivity index (χ1) is 23.2. The topological polar surface area (TPSA) is 89.5 Å². The molecule has 0 unspecified atom stereocenters. The van der Waals surface area contributed by atoms with Gasteiger partial charge in [0.2, 0.25) is 0 Å². The van der Waals surface area contributed by atoms with Crippen LogP contribution in [0.3, 0.4) is 0 Å². The molecule has 0 saturated carbocycles. The summed E-state index contributed by atoms with van der Waals surface area (Å²) in [5, 5.41) is -0.00740. The molecule has 0 N–H and O–H groups in total. The monoisotopic (exact) mass is 730 g/mol. The lowest BCUT2D eigenvalue weighted by Gasteiger charge is -2.41. The number of aldehydes is 1. The van der Waals surface area contributed by atoms with Crippen molar-refractivity contribution in [1.82, 2.24) is 0 Å². The Labute approximate surface area is 305 Å². The molecule has 8 nitrogen and oxygen atoms in total. The molecular formula is C40H66O8Si2. The average Bonchev–Trinajstić information content (AvgIpc) is 3.04. The van der Waals surface area contributed by atoms with Gasteiger partial charge in [-0.15, -0.1) is 0 Å². The van der Waals surface area contributed by atoms with Crippen LogP contribution in [0.1, 0.15) is 85.3 Å². The van der Waals surface area contributed by atoms with Crippen LogP contribution in [-0.2, 0) is 41.1 Å². The van der Waals surface area contributed by atoms with E-state index in [-0.39, 0.29) is 40.9 Å². The quantitative estimate of drug-likeness (QED) is 0.0875. The Kier molecular flexibility index (Phi) is 17.1. The molecule has 0 aromatic heterocycles. The van der Waals surface area contributed by atoms with Crippen LogP contribution in [0.25, 0.3) is 0 Å². The highest BCUT2D eigenvalue weighted by atomic mass is 28.4. The first kappa shape index (κ1) is 43.8. The number of rotatable bonds is 22. The predicted molar refractivity (Wildman–Crippen MR) is 207 cm³/mol. The van der Waals surface area contributed by atoms with Gasteiger partial charge in [0, 0.05) is 19.4 Å². The van der Waals surface area contributed by atoms with E-state index in [0.29, 0.717) is 32.5 Å². The van der Waals surface area contributed by atoms with Gasteiger partial charge < -0.3 is 32.6 Å². The van der Waals surface area contributed by atoms with E-state index >= 15 is 0 Å². The van der Waals surface area contributed by atoms with Gasteiger partial charge in [-0.05, 0) is 90.4 Å². The van der Waals surface area contributed by atoms with Gasteiger partial charge in [-0.2, -0.15) is 0 Å². The number of carbonyl (C=O) groups excluding carboxylic acids is 2. The molecule has 2 aromatic rings. The lowest BCUT2D eigenvalue weighted by Crippen LogP contribution is -2.48. The van der Waals surface area contributed by atoms with Crippen molar-refractivity contribution in [2.45, 2.75) is 142 Å². The third-order valence-electron chi connectivity index (χ3n) is 10.6. The number of Topliss-reactive ketones (excluding diaryl/α,β-unsaturated/α-hetero) is 1. The second kappa shape index (κ2) is 19.5. The normalized spacial score (nSPS) is 15.2. The molecule has 50 heavy (non-hydrogen) atoms. The van der Waals surface area contributed by atoms with Crippen LogP contribution in [0.4, 0.5) is 0 Å². The summed E-state index contributed by atoms with van der Waals surface area (Å²) in [6.07, 6.45) is 0.831. The van der Waals surface area contributed by atoms with Crippen LogP contribution in [0, 0.1) is 5.92 Å². The van der Waals surface area contributed by atoms with Crippen molar-refractivity contribution in [3.8, 4) is 11.5 Å². The lowest BCUT2D eigenvalue weighted by molar-refractivity contribution is -0.149. The van der Waals surface area contributed by atoms with Gasteiger partial charge in [-0.1, -0.05) is 72.7 Å². The predicted octanol–water partition coefficient (Wildman–Crippen LogP) is 9.55. The van der Waals surface area contributed by atoms with Crippen LogP contribution >= 0.6 is 0 Å². The molecule has 0 radical (unpaired) electrons. The smallest absolute Gasteiger partial charge is 0.192 e. The Morgan fingerprint density at radius 1 is 0.720 bits per heavy atom. The van der Waals surface area contributed by atoms with Gasteiger partial charge >= 0.3 is 0 Å². The molecule has 2 rings (SSSR count). The summed E-state index contributed by atoms with van der Waals surface area (Å²) in [6.45, 7) is 25.1. The van der Waals surface area contributed by atoms with Crippen LogP contribution in [-0.4, -0.2) is 67.8 Å². The van der Waals surface area contributed by atoms with Crippen LogP contribution in [0.5, 0.6) is 11.5 Å². The number of hydrogen-bond acceptors (Lipinski definition) is 8. The number of ketones is 1. The third kappa shape index (κ3) is 13.7.